The number of urea groups is 1. The number of aromatic nitrogens is 2. The predicted octanol–water partition coefficient (Wildman–Crippen LogP) is 2.40. The van der Waals surface area contributed by atoms with E-state index in [1.807, 2.05) is 0 Å². The van der Waals surface area contributed by atoms with Gasteiger partial charge in [-0.25, -0.2) is 23.2 Å². The van der Waals surface area contributed by atoms with Gasteiger partial charge in [-0.05, 0) is 60.8 Å². The van der Waals surface area contributed by atoms with Crippen molar-refractivity contribution in [3.8, 4) is 5.88 Å². The Bertz CT molecular complexity index is 1030. The van der Waals surface area contributed by atoms with Gasteiger partial charge in [0.15, 0.2) is 9.92 Å². The second-order valence-electron chi connectivity index (χ2n) is 7.23. The molecule has 1 aliphatic heterocycles. The number of benzene rings is 1. The van der Waals surface area contributed by atoms with Gasteiger partial charge in [0.2, 0.25) is 5.88 Å². The monoisotopic (exact) mass is 387 g/mol. The van der Waals surface area contributed by atoms with Crippen molar-refractivity contribution in [1.29, 1.82) is 4.78 Å². The van der Waals surface area contributed by atoms with Crippen molar-refractivity contribution in [1.82, 2.24) is 14.5 Å². The van der Waals surface area contributed by atoms with E-state index in [1.165, 1.54) is 28.5 Å². The number of hydrogen-bond donors (Lipinski definition) is 3. The summed E-state index contributed by atoms with van der Waals surface area (Å²) in [5.74, 6) is 0.303. The van der Waals surface area contributed by atoms with E-state index in [4.69, 9.17) is 9.52 Å². The van der Waals surface area contributed by atoms with Gasteiger partial charge in [-0.2, -0.15) is 5.10 Å². The summed E-state index contributed by atoms with van der Waals surface area (Å²) < 4.78 is 30.3. The van der Waals surface area contributed by atoms with E-state index in [9.17, 15) is 9.00 Å². The number of ether oxygens (including phenoxy) is 1. The quantitative estimate of drug-likeness (QED) is 0.751. The van der Waals surface area contributed by atoms with E-state index in [2.05, 4.69) is 21.2 Å². The van der Waals surface area contributed by atoms with Gasteiger partial charge in [-0.1, -0.05) is 6.07 Å². The van der Waals surface area contributed by atoms with Crippen molar-refractivity contribution >= 4 is 21.6 Å². The van der Waals surface area contributed by atoms with Crippen LogP contribution in [0.15, 0.2) is 17.2 Å². The second kappa shape index (κ2) is 5.98. The largest absolute Gasteiger partial charge is 0.475 e. The Morgan fingerprint density at radius 2 is 1.89 bits per heavy atom. The van der Waals surface area contributed by atoms with Crippen LogP contribution in [0.5, 0.6) is 5.88 Å². The minimum absolute atomic E-state index is 0.110. The van der Waals surface area contributed by atoms with E-state index in [-0.39, 0.29) is 4.90 Å². The average Bonchev–Trinajstić information content (AvgIpc) is 3.37. The first-order chi connectivity index (χ1) is 13.0. The molecule has 2 aliphatic carbocycles. The Morgan fingerprint density at radius 3 is 2.59 bits per heavy atom. The zero-order valence-electron chi connectivity index (χ0n) is 14.8. The van der Waals surface area contributed by atoms with Crippen LogP contribution in [0.2, 0.25) is 0 Å². The molecule has 8 nitrogen and oxygen atoms in total. The number of hydrogen-bond acceptors (Lipinski definition) is 5. The number of anilines is 1. The van der Waals surface area contributed by atoms with Gasteiger partial charge in [0.25, 0.3) is 0 Å². The van der Waals surface area contributed by atoms with Crippen LogP contribution in [0.1, 0.15) is 35.1 Å². The summed E-state index contributed by atoms with van der Waals surface area (Å²) in [4.78, 5) is 12.7. The molecule has 1 atom stereocenters. The van der Waals surface area contributed by atoms with Crippen LogP contribution in [0.4, 0.5) is 10.5 Å². The first-order valence-electron chi connectivity index (χ1n) is 9.25. The van der Waals surface area contributed by atoms with Gasteiger partial charge in [0, 0.05) is 5.69 Å². The Morgan fingerprint density at radius 1 is 1.19 bits per heavy atom. The van der Waals surface area contributed by atoms with Crippen molar-refractivity contribution in [2.24, 2.45) is 0 Å². The summed E-state index contributed by atoms with van der Waals surface area (Å²) >= 11 is 0. The number of rotatable bonds is 3. The number of aryl methyl sites for hydroxylation is 2. The SMILES string of the molecule is N=S(=O)(NC(=O)Nc1c2c(cc3c1CCC3)CCC2)c1cnn2c1OCC2. The molecule has 142 valence electrons. The van der Waals surface area contributed by atoms with Gasteiger partial charge < -0.3 is 10.1 Å². The molecule has 0 saturated heterocycles. The highest BCUT2D eigenvalue weighted by Crippen LogP contribution is 2.38. The average molecular weight is 387 g/mol. The number of nitrogens with zero attached hydrogens (tertiary/aromatic N) is 2. The molecule has 0 bridgehead atoms. The van der Waals surface area contributed by atoms with Gasteiger partial charge in [-0.15, -0.1) is 0 Å². The van der Waals surface area contributed by atoms with Crippen LogP contribution in [0.25, 0.3) is 0 Å². The Balaban J connectivity index is 1.42. The minimum Gasteiger partial charge on any atom is -0.475 e. The molecule has 1 unspecified atom stereocenters. The Hall–Kier alpha value is -2.55. The lowest BCUT2D eigenvalue weighted by Gasteiger charge is -2.17. The summed E-state index contributed by atoms with van der Waals surface area (Å²) in [5, 5.41) is 6.98. The lowest BCUT2D eigenvalue weighted by atomic mass is 9.99. The van der Waals surface area contributed by atoms with E-state index < -0.39 is 15.9 Å². The third-order valence-corrected chi connectivity index (χ3v) is 6.93. The highest BCUT2D eigenvalue weighted by atomic mass is 32.2. The molecule has 1 aromatic heterocycles. The third kappa shape index (κ3) is 2.68. The van der Waals surface area contributed by atoms with E-state index in [0.717, 1.165) is 44.2 Å². The zero-order valence-corrected chi connectivity index (χ0v) is 15.7. The van der Waals surface area contributed by atoms with Crippen molar-refractivity contribution in [2.75, 3.05) is 11.9 Å². The molecule has 3 N–H and O–H groups in total. The summed E-state index contributed by atoms with van der Waals surface area (Å²) in [7, 11) is -3.56. The molecular formula is C18H21N5O3S. The molecule has 0 saturated carbocycles. The molecule has 0 fully saturated rings. The molecule has 0 spiro atoms. The summed E-state index contributed by atoms with van der Waals surface area (Å²) in [6, 6.07) is 1.66. The predicted molar refractivity (Wildman–Crippen MR) is 99.5 cm³/mol. The van der Waals surface area contributed by atoms with Gasteiger partial charge >= 0.3 is 6.03 Å². The minimum atomic E-state index is -3.56. The number of carbonyl (C=O) groups is 1. The third-order valence-electron chi connectivity index (χ3n) is 5.56. The van der Waals surface area contributed by atoms with E-state index in [0.29, 0.717) is 19.0 Å². The standard InChI is InChI=1S/C18H21N5O3S/c19-27(25,15-10-20-23-7-8-26-17(15)23)22-18(24)21-16-13-5-1-3-11(13)9-12-4-2-6-14(12)16/h9-10H,1-8H2,(H3,19,21,22,24,25). The molecule has 2 amide bonds. The molecule has 0 radical (unpaired) electrons. The van der Waals surface area contributed by atoms with Crippen molar-refractivity contribution < 1.29 is 13.7 Å². The van der Waals surface area contributed by atoms with Gasteiger partial charge in [0.1, 0.15) is 11.5 Å². The van der Waals surface area contributed by atoms with Crippen LogP contribution in [0.3, 0.4) is 0 Å². The van der Waals surface area contributed by atoms with E-state index >= 15 is 0 Å². The normalized spacial score (nSPS) is 19.0. The van der Waals surface area contributed by atoms with Crippen LogP contribution >= 0.6 is 0 Å². The Kier molecular flexibility index (Phi) is 3.68. The lowest BCUT2D eigenvalue weighted by molar-refractivity contribution is 0.256. The molecule has 2 heterocycles. The number of nitrogens with one attached hydrogen (secondary N) is 3. The topological polar surface area (TPSA) is 109 Å². The van der Waals surface area contributed by atoms with Crippen LogP contribution in [-0.2, 0) is 42.1 Å². The van der Waals surface area contributed by atoms with Crippen molar-refractivity contribution in [2.45, 2.75) is 50.0 Å². The highest BCUT2D eigenvalue weighted by Gasteiger charge is 2.28. The molecule has 9 heteroatoms. The maximum Gasteiger partial charge on any atom is 0.331 e. The van der Waals surface area contributed by atoms with Crippen molar-refractivity contribution in [3.05, 3.63) is 34.5 Å². The second-order valence-corrected chi connectivity index (χ2v) is 8.99. The fraction of sp³-hybridized carbons (Fsp3) is 0.444. The van der Waals surface area contributed by atoms with E-state index in [1.54, 1.807) is 4.68 Å². The number of fused-ring (bicyclic) bond motifs is 3. The summed E-state index contributed by atoms with van der Waals surface area (Å²) in [5.41, 5.74) is 5.86. The molecule has 3 aliphatic rings. The van der Waals surface area contributed by atoms with Gasteiger partial charge in [-0.3, -0.25) is 0 Å². The first kappa shape index (κ1) is 16.6. The fourth-order valence-corrected chi connectivity index (χ4v) is 5.41. The van der Waals surface area contributed by atoms with Crippen LogP contribution < -0.4 is 14.8 Å². The molecule has 5 rings (SSSR count). The summed E-state index contributed by atoms with van der Waals surface area (Å²) in [6.07, 6.45) is 7.47. The zero-order chi connectivity index (χ0) is 18.6. The number of carbonyl (C=O) groups excluding carboxylic acids is 1. The lowest BCUT2D eigenvalue weighted by Crippen LogP contribution is -2.34. The van der Waals surface area contributed by atoms with Crippen LogP contribution in [-0.4, -0.2) is 26.6 Å². The number of amides is 2. The van der Waals surface area contributed by atoms with Crippen molar-refractivity contribution in [3.63, 3.8) is 0 Å². The maximum absolute atomic E-state index is 12.8. The Labute approximate surface area is 157 Å². The maximum atomic E-state index is 12.8. The first-order valence-corrected chi connectivity index (χ1v) is 10.8. The smallest absolute Gasteiger partial charge is 0.331 e. The molecule has 2 aromatic rings. The highest BCUT2D eigenvalue weighted by molar-refractivity contribution is 7.91. The van der Waals surface area contributed by atoms with Gasteiger partial charge in [0.05, 0.1) is 12.7 Å². The van der Waals surface area contributed by atoms with Crippen LogP contribution in [0, 0.1) is 4.78 Å². The summed E-state index contributed by atoms with van der Waals surface area (Å²) in [6.45, 7) is 0.986. The molecule has 27 heavy (non-hydrogen) atoms. The molecular weight excluding hydrogens is 366 g/mol. The fourth-order valence-electron chi connectivity index (χ4n) is 4.38. The molecule has 1 aromatic carbocycles.